The standard InChI is InChI=1S/C19H31N/c1-6-20-19(17-11-14(3)9-15(4)12-17)18-8-7-13(2)10-16(18)5/h7-8,10,14-15,17,19-20H,6,9,11-12H2,1-5H3. The van der Waals surface area contributed by atoms with Gasteiger partial charge in [-0.05, 0) is 68.5 Å². The van der Waals surface area contributed by atoms with Gasteiger partial charge in [-0.1, -0.05) is 44.5 Å². The SMILES string of the molecule is CCNC(c1ccc(C)cc1C)C1CC(C)CC(C)C1. The molecule has 1 aromatic carbocycles. The van der Waals surface area contributed by atoms with Crippen molar-refractivity contribution in [3.05, 3.63) is 34.9 Å². The van der Waals surface area contributed by atoms with Crippen molar-refractivity contribution in [2.24, 2.45) is 17.8 Å². The fourth-order valence-corrected chi connectivity index (χ4v) is 4.21. The molecule has 3 atom stereocenters. The Morgan fingerprint density at radius 1 is 1.10 bits per heavy atom. The molecule has 0 aliphatic heterocycles. The van der Waals surface area contributed by atoms with Crippen LogP contribution in [0.3, 0.4) is 0 Å². The second-order valence-corrected chi connectivity index (χ2v) is 7.07. The molecule has 0 bridgehead atoms. The van der Waals surface area contributed by atoms with Crippen LogP contribution in [0, 0.1) is 31.6 Å². The first-order valence-electron chi connectivity index (χ1n) is 8.31. The van der Waals surface area contributed by atoms with Gasteiger partial charge in [0.05, 0.1) is 0 Å². The lowest BCUT2D eigenvalue weighted by atomic mass is 9.72. The number of hydrogen-bond donors (Lipinski definition) is 1. The van der Waals surface area contributed by atoms with Crippen LogP contribution in [0.4, 0.5) is 0 Å². The van der Waals surface area contributed by atoms with Crippen LogP contribution in [0.1, 0.15) is 62.8 Å². The summed E-state index contributed by atoms with van der Waals surface area (Å²) in [6, 6.07) is 7.48. The second kappa shape index (κ2) is 6.76. The van der Waals surface area contributed by atoms with E-state index in [2.05, 4.69) is 58.1 Å². The average molecular weight is 273 g/mol. The van der Waals surface area contributed by atoms with E-state index in [1.807, 2.05) is 0 Å². The van der Waals surface area contributed by atoms with E-state index in [1.165, 1.54) is 36.0 Å². The Balaban J connectivity index is 2.25. The molecule has 0 radical (unpaired) electrons. The smallest absolute Gasteiger partial charge is 0.0351 e. The minimum Gasteiger partial charge on any atom is -0.310 e. The van der Waals surface area contributed by atoms with E-state index >= 15 is 0 Å². The Bertz CT molecular complexity index is 427. The lowest BCUT2D eigenvalue weighted by Crippen LogP contribution is -2.33. The van der Waals surface area contributed by atoms with Crippen molar-refractivity contribution < 1.29 is 0 Å². The molecule has 2 rings (SSSR count). The van der Waals surface area contributed by atoms with Gasteiger partial charge in [-0.3, -0.25) is 0 Å². The molecule has 0 spiro atoms. The highest BCUT2D eigenvalue weighted by Gasteiger charge is 2.31. The van der Waals surface area contributed by atoms with Gasteiger partial charge >= 0.3 is 0 Å². The van der Waals surface area contributed by atoms with Gasteiger partial charge < -0.3 is 5.32 Å². The Labute approximate surface area is 125 Å². The predicted molar refractivity (Wildman–Crippen MR) is 88.0 cm³/mol. The number of benzene rings is 1. The van der Waals surface area contributed by atoms with Crippen LogP contribution >= 0.6 is 0 Å². The van der Waals surface area contributed by atoms with Crippen LogP contribution in [-0.2, 0) is 0 Å². The molecular weight excluding hydrogens is 242 g/mol. The molecule has 0 saturated heterocycles. The summed E-state index contributed by atoms with van der Waals surface area (Å²) in [6.45, 7) is 12.6. The van der Waals surface area contributed by atoms with Crippen molar-refractivity contribution in [2.75, 3.05) is 6.54 Å². The summed E-state index contributed by atoms with van der Waals surface area (Å²) >= 11 is 0. The van der Waals surface area contributed by atoms with Gasteiger partial charge in [-0.25, -0.2) is 0 Å². The maximum Gasteiger partial charge on any atom is 0.0351 e. The summed E-state index contributed by atoms with van der Waals surface area (Å²) in [5.41, 5.74) is 4.33. The minimum atomic E-state index is 0.533. The second-order valence-electron chi connectivity index (χ2n) is 7.07. The molecule has 1 aromatic rings. The summed E-state index contributed by atoms with van der Waals surface area (Å²) in [4.78, 5) is 0. The van der Waals surface area contributed by atoms with Crippen molar-refractivity contribution in [1.29, 1.82) is 0 Å². The van der Waals surface area contributed by atoms with Gasteiger partial charge in [-0.15, -0.1) is 0 Å². The predicted octanol–water partition coefficient (Wildman–Crippen LogP) is 5.03. The molecule has 1 fully saturated rings. The van der Waals surface area contributed by atoms with Crippen LogP contribution in [0.5, 0.6) is 0 Å². The summed E-state index contributed by atoms with van der Waals surface area (Å²) in [6.07, 6.45) is 4.15. The molecule has 3 unspecified atom stereocenters. The van der Waals surface area contributed by atoms with E-state index < -0.39 is 0 Å². The van der Waals surface area contributed by atoms with Gasteiger partial charge in [0.1, 0.15) is 0 Å². The van der Waals surface area contributed by atoms with Crippen LogP contribution in [0.25, 0.3) is 0 Å². The maximum absolute atomic E-state index is 3.77. The first-order chi connectivity index (χ1) is 9.51. The van der Waals surface area contributed by atoms with E-state index in [0.717, 1.165) is 24.3 Å². The largest absolute Gasteiger partial charge is 0.310 e. The third-order valence-corrected chi connectivity index (χ3v) is 4.87. The third kappa shape index (κ3) is 3.63. The Kier molecular flexibility index (Phi) is 5.26. The van der Waals surface area contributed by atoms with Crippen molar-refractivity contribution in [1.82, 2.24) is 5.32 Å². The molecule has 1 aliphatic rings. The Morgan fingerprint density at radius 3 is 2.30 bits per heavy atom. The minimum absolute atomic E-state index is 0.533. The number of nitrogens with one attached hydrogen (secondary N) is 1. The normalized spacial score (nSPS) is 28.4. The molecule has 1 heteroatoms. The molecule has 1 N–H and O–H groups in total. The quantitative estimate of drug-likeness (QED) is 0.811. The summed E-state index contributed by atoms with van der Waals surface area (Å²) in [5, 5.41) is 3.77. The van der Waals surface area contributed by atoms with Crippen LogP contribution in [-0.4, -0.2) is 6.54 Å². The lowest BCUT2D eigenvalue weighted by Gasteiger charge is -2.37. The van der Waals surface area contributed by atoms with Crippen molar-refractivity contribution in [3.63, 3.8) is 0 Å². The fraction of sp³-hybridized carbons (Fsp3) is 0.684. The van der Waals surface area contributed by atoms with Crippen LogP contribution in [0.2, 0.25) is 0 Å². The first-order valence-corrected chi connectivity index (χ1v) is 8.31. The fourth-order valence-electron chi connectivity index (χ4n) is 4.21. The van der Waals surface area contributed by atoms with Gasteiger partial charge in [0.25, 0.3) is 0 Å². The maximum atomic E-state index is 3.77. The molecule has 0 amide bonds. The summed E-state index contributed by atoms with van der Waals surface area (Å²) in [7, 11) is 0. The molecule has 1 saturated carbocycles. The van der Waals surface area contributed by atoms with Crippen LogP contribution < -0.4 is 5.32 Å². The Hall–Kier alpha value is -0.820. The van der Waals surface area contributed by atoms with E-state index in [4.69, 9.17) is 0 Å². The van der Waals surface area contributed by atoms with Crippen LogP contribution in [0.15, 0.2) is 18.2 Å². The van der Waals surface area contributed by atoms with E-state index in [1.54, 1.807) is 0 Å². The molecule has 0 aromatic heterocycles. The van der Waals surface area contributed by atoms with Gasteiger partial charge in [0, 0.05) is 6.04 Å². The van der Waals surface area contributed by atoms with Gasteiger partial charge in [-0.2, -0.15) is 0 Å². The summed E-state index contributed by atoms with van der Waals surface area (Å²) in [5.74, 6) is 2.53. The van der Waals surface area contributed by atoms with Gasteiger partial charge in [0.2, 0.25) is 0 Å². The monoisotopic (exact) mass is 273 g/mol. The number of aryl methyl sites for hydroxylation is 2. The van der Waals surface area contributed by atoms with E-state index in [-0.39, 0.29) is 0 Å². The van der Waals surface area contributed by atoms with Crippen molar-refractivity contribution in [2.45, 2.75) is 59.9 Å². The highest BCUT2D eigenvalue weighted by molar-refractivity contribution is 5.33. The lowest BCUT2D eigenvalue weighted by molar-refractivity contribution is 0.177. The Morgan fingerprint density at radius 2 is 1.75 bits per heavy atom. The van der Waals surface area contributed by atoms with Crippen molar-refractivity contribution >= 4 is 0 Å². The van der Waals surface area contributed by atoms with Gasteiger partial charge in [0.15, 0.2) is 0 Å². The molecule has 112 valence electrons. The molecule has 1 aliphatic carbocycles. The zero-order valence-electron chi connectivity index (χ0n) is 13.9. The zero-order valence-corrected chi connectivity index (χ0v) is 13.9. The third-order valence-electron chi connectivity index (χ3n) is 4.87. The molecule has 20 heavy (non-hydrogen) atoms. The summed E-state index contributed by atoms with van der Waals surface area (Å²) < 4.78 is 0. The highest BCUT2D eigenvalue weighted by atomic mass is 14.9. The topological polar surface area (TPSA) is 12.0 Å². The molecule has 1 nitrogen and oxygen atoms in total. The van der Waals surface area contributed by atoms with Crippen molar-refractivity contribution in [3.8, 4) is 0 Å². The number of hydrogen-bond acceptors (Lipinski definition) is 1. The molecule has 0 heterocycles. The first kappa shape index (κ1) is 15.6. The highest BCUT2D eigenvalue weighted by Crippen LogP contribution is 2.40. The molecular formula is C19H31N. The average Bonchev–Trinajstić information content (AvgIpc) is 2.35. The number of rotatable bonds is 4. The zero-order chi connectivity index (χ0) is 14.7. The van der Waals surface area contributed by atoms with E-state index in [0.29, 0.717) is 6.04 Å². The van der Waals surface area contributed by atoms with E-state index in [9.17, 15) is 0 Å².